The largest absolute Gasteiger partial charge is 0.390 e. The lowest BCUT2D eigenvalue weighted by molar-refractivity contribution is -0.120. The van der Waals surface area contributed by atoms with Crippen LogP contribution in [0.15, 0.2) is 59.6 Å². The van der Waals surface area contributed by atoms with E-state index in [0.29, 0.717) is 22.8 Å². The number of aliphatic hydroxyl groups is 1. The lowest BCUT2D eigenvalue weighted by atomic mass is 10.0. The topological polar surface area (TPSA) is 117 Å². The summed E-state index contributed by atoms with van der Waals surface area (Å²) in [7, 11) is 0. The van der Waals surface area contributed by atoms with Gasteiger partial charge in [-0.15, -0.1) is 14.8 Å². The Labute approximate surface area is 216 Å². The fraction of sp³-hybridized carbons (Fsp3) is 0.320. The van der Waals surface area contributed by atoms with Crippen molar-refractivity contribution in [3.05, 3.63) is 82.9 Å². The fourth-order valence-corrected chi connectivity index (χ4v) is 4.49. The highest BCUT2D eigenvalue weighted by molar-refractivity contribution is 7.99. The maximum Gasteiger partial charge on any atom is 0.230 e. The molecule has 2 heterocycles. The number of halogens is 2. The number of fused-ring (bicyclic) bond motifs is 1. The van der Waals surface area contributed by atoms with Crippen molar-refractivity contribution in [3.63, 3.8) is 0 Å². The van der Waals surface area contributed by atoms with Crippen molar-refractivity contribution in [2.24, 2.45) is 0 Å². The van der Waals surface area contributed by atoms with E-state index in [4.69, 9.17) is 0 Å². The number of nitrogens with one attached hydrogen (secondary N) is 2. The highest BCUT2D eigenvalue weighted by atomic mass is 32.2. The second-order valence-corrected chi connectivity index (χ2v) is 9.51. The number of aliphatic hydroxyl groups excluding tert-OH is 1. The number of tetrazole rings is 1. The number of carbonyl (C=O) groups is 1. The van der Waals surface area contributed by atoms with Crippen LogP contribution in [0.5, 0.6) is 0 Å². The third-order valence-electron chi connectivity index (χ3n) is 5.67. The van der Waals surface area contributed by atoms with Gasteiger partial charge < -0.3 is 15.7 Å². The van der Waals surface area contributed by atoms with Crippen molar-refractivity contribution in [3.8, 4) is 0 Å². The number of benzene rings is 2. The molecule has 37 heavy (non-hydrogen) atoms. The van der Waals surface area contributed by atoms with Crippen molar-refractivity contribution in [1.82, 2.24) is 35.9 Å². The summed E-state index contributed by atoms with van der Waals surface area (Å²) in [5, 5.41) is 32.7. The number of amides is 1. The van der Waals surface area contributed by atoms with Gasteiger partial charge in [-0.1, -0.05) is 43.0 Å². The minimum Gasteiger partial charge on any atom is -0.390 e. The Kier molecular flexibility index (Phi) is 9.09. The number of hydrogen-bond donors (Lipinski definition) is 3. The van der Waals surface area contributed by atoms with E-state index in [0.717, 1.165) is 18.1 Å². The summed E-state index contributed by atoms with van der Waals surface area (Å²) in [4.78, 5) is 12.7. The molecule has 0 bridgehead atoms. The number of thioether (sulfide) groups is 1. The van der Waals surface area contributed by atoms with Crippen LogP contribution in [0.4, 0.5) is 8.78 Å². The quantitative estimate of drug-likeness (QED) is 0.241. The van der Waals surface area contributed by atoms with Crippen LogP contribution in [-0.4, -0.2) is 60.7 Å². The molecule has 0 saturated carbocycles. The molecule has 0 aliphatic rings. The molecule has 2 aromatic heterocycles. The van der Waals surface area contributed by atoms with Crippen LogP contribution >= 0.6 is 11.8 Å². The zero-order chi connectivity index (χ0) is 26.2. The lowest BCUT2D eigenvalue weighted by Crippen LogP contribution is -2.49. The number of hydrogen-bond acceptors (Lipinski definition) is 8. The van der Waals surface area contributed by atoms with Crippen LogP contribution in [0.25, 0.3) is 5.65 Å². The third-order valence-corrected chi connectivity index (χ3v) is 6.59. The molecule has 0 unspecified atom stereocenters. The Morgan fingerprint density at radius 3 is 2.65 bits per heavy atom. The number of carbonyl (C=O) groups excluding carboxylic acids is 1. The molecule has 4 aromatic rings. The van der Waals surface area contributed by atoms with Crippen LogP contribution in [0.3, 0.4) is 0 Å². The Morgan fingerprint density at radius 2 is 1.86 bits per heavy atom. The van der Waals surface area contributed by atoms with Crippen molar-refractivity contribution < 1.29 is 18.7 Å². The molecule has 0 aliphatic heterocycles. The molecule has 3 N–H and O–H groups in total. The van der Waals surface area contributed by atoms with E-state index < -0.39 is 23.8 Å². The molecule has 0 fully saturated rings. The summed E-state index contributed by atoms with van der Waals surface area (Å²) in [6.07, 6.45) is -0.0368. The van der Waals surface area contributed by atoms with E-state index in [1.54, 1.807) is 12.1 Å². The molecule has 0 spiro atoms. The molecular formula is C25H27F2N7O2S. The highest BCUT2D eigenvalue weighted by Crippen LogP contribution is 2.16. The average molecular weight is 528 g/mol. The number of aromatic nitrogens is 5. The average Bonchev–Trinajstić information content (AvgIpc) is 3.34. The third kappa shape index (κ3) is 7.75. The Hall–Kier alpha value is -3.48. The second kappa shape index (κ2) is 12.7. The minimum absolute atomic E-state index is 0.0125. The fourth-order valence-electron chi connectivity index (χ4n) is 3.83. The second-order valence-electron chi connectivity index (χ2n) is 8.51. The van der Waals surface area contributed by atoms with Crippen molar-refractivity contribution in [1.29, 1.82) is 0 Å². The Bertz CT molecular complexity index is 1330. The van der Waals surface area contributed by atoms with Gasteiger partial charge in [0.25, 0.3) is 0 Å². The molecular weight excluding hydrogens is 500 g/mol. The van der Waals surface area contributed by atoms with Crippen LogP contribution in [0.2, 0.25) is 0 Å². The van der Waals surface area contributed by atoms with E-state index in [2.05, 4.69) is 50.3 Å². The zero-order valence-corrected chi connectivity index (χ0v) is 21.0. The summed E-state index contributed by atoms with van der Waals surface area (Å²) in [5.41, 5.74) is 3.09. The van der Waals surface area contributed by atoms with Gasteiger partial charge in [0.05, 0.1) is 17.9 Å². The van der Waals surface area contributed by atoms with E-state index in [9.17, 15) is 18.7 Å². The van der Waals surface area contributed by atoms with E-state index in [1.807, 2.05) is 12.1 Å². The summed E-state index contributed by atoms with van der Waals surface area (Å²) in [6.45, 7) is 2.78. The predicted molar refractivity (Wildman–Crippen MR) is 135 cm³/mol. The first kappa shape index (κ1) is 26.6. The molecule has 194 valence electrons. The monoisotopic (exact) mass is 527 g/mol. The zero-order valence-electron chi connectivity index (χ0n) is 20.1. The van der Waals surface area contributed by atoms with Crippen molar-refractivity contribution >= 4 is 23.3 Å². The van der Waals surface area contributed by atoms with Gasteiger partial charge in [0.1, 0.15) is 16.7 Å². The van der Waals surface area contributed by atoms with Gasteiger partial charge >= 0.3 is 0 Å². The van der Waals surface area contributed by atoms with E-state index in [1.165, 1.54) is 34.1 Å². The van der Waals surface area contributed by atoms with E-state index in [-0.39, 0.29) is 24.6 Å². The van der Waals surface area contributed by atoms with Gasteiger partial charge in [-0.05, 0) is 64.2 Å². The van der Waals surface area contributed by atoms with Gasteiger partial charge in [0.2, 0.25) is 5.91 Å². The molecule has 12 heteroatoms. The first-order chi connectivity index (χ1) is 17.9. The SMILES string of the molecule is CCc1cccc(CNC[C@H](O)[C@H](Cc2cc(F)cc(F)c2)NC(=O)CSc2ccc3nnnn3n2)c1. The molecule has 2 aromatic carbocycles. The van der Waals surface area contributed by atoms with E-state index >= 15 is 0 Å². The first-order valence-corrected chi connectivity index (χ1v) is 12.8. The van der Waals surface area contributed by atoms with Gasteiger partial charge in [-0.3, -0.25) is 4.79 Å². The lowest BCUT2D eigenvalue weighted by Gasteiger charge is -2.25. The van der Waals surface area contributed by atoms with Gasteiger partial charge in [-0.25, -0.2) is 8.78 Å². The summed E-state index contributed by atoms with van der Waals surface area (Å²) >= 11 is 1.17. The maximum absolute atomic E-state index is 13.8. The molecule has 1 amide bonds. The predicted octanol–water partition coefficient (Wildman–Crippen LogP) is 2.33. The number of rotatable bonds is 12. The van der Waals surface area contributed by atoms with Gasteiger partial charge in [0.15, 0.2) is 5.65 Å². The summed E-state index contributed by atoms with van der Waals surface area (Å²) in [6, 6.07) is 13.9. The number of aryl methyl sites for hydroxylation is 1. The molecule has 0 aliphatic carbocycles. The van der Waals surface area contributed by atoms with Crippen LogP contribution in [-0.2, 0) is 24.2 Å². The highest BCUT2D eigenvalue weighted by Gasteiger charge is 2.22. The Balaban J connectivity index is 1.38. The number of nitrogens with zero attached hydrogens (tertiary/aromatic N) is 5. The van der Waals surface area contributed by atoms with Crippen LogP contribution < -0.4 is 10.6 Å². The smallest absolute Gasteiger partial charge is 0.230 e. The molecule has 2 atom stereocenters. The molecule has 4 rings (SSSR count). The van der Waals surface area contributed by atoms with Crippen molar-refractivity contribution in [2.75, 3.05) is 12.3 Å². The minimum atomic E-state index is -1.01. The van der Waals surface area contributed by atoms with Gasteiger partial charge in [0, 0.05) is 19.2 Å². The van der Waals surface area contributed by atoms with Gasteiger partial charge in [-0.2, -0.15) is 0 Å². The molecule has 9 nitrogen and oxygen atoms in total. The standard InChI is InChI=1S/C25H27F2N7O2S/c1-2-16-4-3-5-17(8-16)13-28-14-22(35)21(11-18-9-19(26)12-20(27)10-18)29-24(36)15-37-25-7-6-23-30-32-33-34(23)31-25/h3-10,12,21-22,28,35H,2,11,13-15H2,1H3,(H,29,36)/t21-,22-/m0/s1. The Morgan fingerprint density at radius 1 is 1.08 bits per heavy atom. The first-order valence-electron chi connectivity index (χ1n) is 11.8. The summed E-state index contributed by atoms with van der Waals surface area (Å²) in [5.74, 6) is -1.79. The summed E-state index contributed by atoms with van der Waals surface area (Å²) < 4.78 is 28.8. The van der Waals surface area contributed by atoms with Crippen molar-refractivity contribution in [2.45, 2.75) is 43.5 Å². The maximum atomic E-state index is 13.8. The normalized spacial score (nSPS) is 13.0. The van der Waals surface area contributed by atoms with Crippen LogP contribution in [0, 0.1) is 11.6 Å². The molecule has 0 radical (unpaired) electrons. The molecule has 0 saturated heterocycles. The van der Waals surface area contributed by atoms with Crippen LogP contribution in [0.1, 0.15) is 23.6 Å².